The van der Waals surface area contributed by atoms with Crippen LogP contribution in [0.15, 0.2) is 18.2 Å². The van der Waals surface area contributed by atoms with Gasteiger partial charge in [-0.15, -0.1) is 10.2 Å². The topological polar surface area (TPSA) is 101 Å². The number of alkyl halides is 3. The van der Waals surface area contributed by atoms with Gasteiger partial charge in [-0.05, 0) is 48.8 Å². The van der Waals surface area contributed by atoms with Crippen molar-refractivity contribution in [2.45, 2.75) is 37.3 Å². The second-order valence-electron chi connectivity index (χ2n) is 6.58. The van der Waals surface area contributed by atoms with Crippen LogP contribution < -0.4 is 10.5 Å². The second kappa shape index (κ2) is 5.92. The highest BCUT2D eigenvalue weighted by atomic mass is 32.2. The number of nitrogens with zero attached hydrogens (tertiary/aromatic N) is 2. The highest BCUT2D eigenvalue weighted by Gasteiger charge is 2.41. The molecule has 0 amide bonds. The highest BCUT2D eigenvalue weighted by molar-refractivity contribution is 7.80. The molecule has 2 aliphatic rings. The number of nitrogens with two attached hydrogens (primary N) is 1. The van der Waals surface area contributed by atoms with Crippen LogP contribution in [0, 0.1) is 0 Å². The molecule has 2 bridgehead atoms. The van der Waals surface area contributed by atoms with Gasteiger partial charge in [-0.1, -0.05) is 6.07 Å². The van der Waals surface area contributed by atoms with Gasteiger partial charge in [0.05, 0.1) is 16.9 Å². The fraction of sp³-hybridized carbons (Fsp3) is 0.375. The first-order valence-electron chi connectivity index (χ1n) is 8.00. The van der Waals surface area contributed by atoms with Gasteiger partial charge in [0.2, 0.25) is 0 Å². The Hall–Kier alpha value is -2.20. The highest BCUT2D eigenvalue weighted by Crippen LogP contribution is 2.57. The van der Waals surface area contributed by atoms with E-state index in [9.17, 15) is 17.4 Å². The molecule has 0 radical (unpaired) electrons. The van der Waals surface area contributed by atoms with E-state index in [1.165, 1.54) is 6.07 Å². The summed E-state index contributed by atoms with van der Waals surface area (Å²) in [5, 5.41) is 8.10. The van der Waals surface area contributed by atoms with Crippen LogP contribution in [0.5, 0.6) is 0 Å². The Balaban J connectivity index is 1.90. The van der Waals surface area contributed by atoms with E-state index >= 15 is 0 Å². The van der Waals surface area contributed by atoms with Gasteiger partial charge in [-0.2, -0.15) is 13.2 Å². The zero-order valence-electron chi connectivity index (χ0n) is 13.4. The summed E-state index contributed by atoms with van der Waals surface area (Å²) in [4.78, 5) is 0. The molecule has 6 nitrogen and oxygen atoms in total. The smallest absolute Gasteiger partial charge is 0.382 e. The number of hydrogen-bond donors (Lipinski definition) is 3. The van der Waals surface area contributed by atoms with Gasteiger partial charge < -0.3 is 5.73 Å². The molecule has 1 saturated carbocycles. The largest absolute Gasteiger partial charge is 0.416 e. The molecule has 10 heteroatoms. The molecule has 0 saturated heterocycles. The molecule has 0 spiro atoms. The van der Waals surface area contributed by atoms with E-state index in [0.29, 0.717) is 23.0 Å². The van der Waals surface area contributed by atoms with E-state index in [1.807, 2.05) is 0 Å². The van der Waals surface area contributed by atoms with E-state index in [4.69, 9.17) is 10.3 Å². The third-order valence-electron chi connectivity index (χ3n) is 5.13. The van der Waals surface area contributed by atoms with E-state index in [1.54, 1.807) is 0 Å². The summed E-state index contributed by atoms with van der Waals surface area (Å²) in [6.07, 6.45) is -1.67. The summed E-state index contributed by atoms with van der Waals surface area (Å²) in [5.74, 6) is 0.878. The molecule has 4 N–H and O–H groups in total. The lowest BCUT2D eigenvalue weighted by Crippen LogP contribution is -2.12. The number of fused-ring (bicyclic) bond motifs is 5. The molecule has 4 rings (SSSR count). The Kier molecular flexibility index (Phi) is 3.92. The first-order valence-corrected chi connectivity index (χ1v) is 9.11. The third-order valence-corrected chi connectivity index (χ3v) is 5.52. The molecule has 0 aliphatic heterocycles. The SMILES string of the molecule is Nc1nnc(-c2ccc(C(F)(F)F)cc2NS(=O)O)c2c1C1CCC2C1. The zero-order valence-corrected chi connectivity index (χ0v) is 14.2. The zero-order chi connectivity index (χ0) is 18.6. The summed E-state index contributed by atoms with van der Waals surface area (Å²) in [6, 6.07) is 2.99. The monoisotopic (exact) mass is 384 g/mol. The molecule has 1 aromatic heterocycles. The van der Waals surface area contributed by atoms with Gasteiger partial charge in [0, 0.05) is 11.1 Å². The molecular formula is C16H15F3N4O2S. The van der Waals surface area contributed by atoms with Crippen LogP contribution in [0.2, 0.25) is 0 Å². The van der Waals surface area contributed by atoms with Crippen molar-refractivity contribution in [1.82, 2.24) is 10.2 Å². The summed E-state index contributed by atoms with van der Waals surface area (Å²) in [5.41, 5.74) is 7.48. The summed E-state index contributed by atoms with van der Waals surface area (Å²) in [7, 11) is 0. The molecular weight excluding hydrogens is 369 g/mol. The lowest BCUT2D eigenvalue weighted by Gasteiger charge is -2.20. The van der Waals surface area contributed by atoms with E-state index in [2.05, 4.69) is 14.9 Å². The van der Waals surface area contributed by atoms with Crippen LogP contribution in [0.25, 0.3) is 11.3 Å². The van der Waals surface area contributed by atoms with Gasteiger partial charge in [-0.25, -0.2) is 4.21 Å². The number of aromatic nitrogens is 2. The summed E-state index contributed by atoms with van der Waals surface area (Å²) >= 11 is -2.53. The van der Waals surface area contributed by atoms with Crippen molar-refractivity contribution in [1.29, 1.82) is 0 Å². The Morgan fingerprint density at radius 3 is 2.54 bits per heavy atom. The Bertz CT molecular complexity index is 919. The average molecular weight is 384 g/mol. The van der Waals surface area contributed by atoms with Gasteiger partial charge in [-0.3, -0.25) is 9.27 Å². The van der Waals surface area contributed by atoms with Crippen molar-refractivity contribution < 1.29 is 21.9 Å². The number of hydrogen-bond acceptors (Lipinski definition) is 4. The number of nitrogen functional groups attached to an aromatic ring is 1. The predicted molar refractivity (Wildman–Crippen MR) is 90.6 cm³/mol. The maximum absolute atomic E-state index is 13.0. The molecule has 26 heavy (non-hydrogen) atoms. The van der Waals surface area contributed by atoms with Gasteiger partial charge in [0.15, 0.2) is 0 Å². The number of anilines is 2. The maximum atomic E-state index is 13.0. The van der Waals surface area contributed by atoms with Gasteiger partial charge >= 0.3 is 6.18 Å². The lowest BCUT2D eigenvalue weighted by molar-refractivity contribution is -0.137. The standard InChI is InChI=1S/C16H15F3N4O2S/c17-16(18,19)9-3-4-10(11(6-9)23-26(24)25)14-12-7-1-2-8(5-7)13(12)15(20)22-21-14/h3-4,6-8,23H,1-2,5H2,(H2,20,22)(H,24,25). The molecule has 3 atom stereocenters. The normalized spacial score (nSPS) is 22.3. The lowest BCUT2D eigenvalue weighted by atomic mass is 9.88. The van der Waals surface area contributed by atoms with E-state index < -0.39 is 23.0 Å². The second-order valence-corrected chi connectivity index (χ2v) is 7.28. The van der Waals surface area contributed by atoms with Crippen LogP contribution in [0.1, 0.15) is 47.8 Å². The molecule has 1 aromatic carbocycles. The molecule has 138 valence electrons. The van der Waals surface area contributed by atoms with Gasteiger partial charge in [0.25, 0.3) is 11.3 Å². The van der Waals surface area contributed by atoms with E-state index in [0.717, 1.165) is 42.5 Å². The van der Waals surface area contributed by atoms with Crippen LogP contribution in [-0.4, -0.2) is 19.0 Å². The van der Waals surface area contributed by atoms with Crippen molar-refractivity contribution in [2.75, 3.05) is 10.5 Å². The molecule has 3 unspecified atom stereocenters. The molecule has 1 fully saturated rings. The van der Waals surface area contributed by atoms with Crippen molar-refractivity contribution in [2.24, 2.45) is 0 Å². The van der Waals surface area contributed by atoms with Crippen LogP contribution in [0.3, 0.4) is 0 Å². The van der Waals surface area contributed by atoms with Crippen molar-refractivity contribution in [3.8, 4) is 11.3 Å². The summed E-state index contributed by atoms with van der Waals surface area (Å²) in [6.45, 7) is 0. The van der Waals surface area contributed by atoms with Crippen LogP contribution in [-0.2, 0) is 17.4 Å². The number of benzene rings is 1. The minimum Gasteiger partial charge on any atom is -0.382 e. The molecule has 1 heterocycles. The summed E-state index contributed by atoms with van der Waals surface area (Å²) < 4.78 is 61.6. The Morgan fingerprint density at radius 2 is 1.88 bits per heavy atom. The molecule has 2 aromatic rings. The van der Waals surface area contributed by atoms with Crippen LogP contribution >= 0.6 is 0 Å². The molecule has 2 aliphatic carbocycles. The minimum atomic E-state index is -4.57. The van der Waals surface area contributed by atoms with E-state index in [-0.39, 0.29) is 11.6 Å². The van der Waals surface area contributed by atoms with Crippen molar-refractivity contribution >= 4 is 22.8 Å². The first kappa shape index (κ1) is 17.2. The quantitative estimate of drug-likeness (QED) is 0.701. The Labute approximate surface area is 149 Å². The Morgan fingerprint density at radius 1 is 1.19 bits per heavy atom. The number of rotatable bonds is 3. The number of halogens is 3. The first-order chi connectivity index (χ1) is 12.3. The minimum absolute atomic E-state index is 0.121. The van der Waals surface area contributed by atoms with Crippen LogP contribution in [0.4, 0.5) is 24.7 Å². The maximum Gasteiger partial charge on any atom is 0.416 e. The average Bonchev–Trinajstić information content (AvgIpc) is 3.16. The third kappa shape index (κ3) is 2.73. The predicted octanol–water partition coefficient (Wildman–Crippen LogP) is 3.66. The fourth-order valence-electron chi connectivity index (χ4n) is 4.13. The fourth-order valence-corrected chi connectivity index (χ4v) is 4.49. The number of nitrogens with one attached hydrogen (secondary N) is 1. The van der Waals surface area contributed by atoms with Gasteiger partial charge in [0.1, 0.15) is 5.82 Å². The van der Waals surface area contributed by atoms with Crippen molar-refractivity contribution in [3.63, 3.8) is 0 Å². The van der Waals surface area contributed by atoms with Crippen molar-refractivity contribution in [3.05, 3.63) is 34.9 Å².